The zero-order valence-electron chi connectivity index (χ0n) is 9.61. The summed E-state index contributed by atoms with van der Waals surface area (Å²) in [6.07, 6.45) is 2.22. The number of halogens is 2. The molecule has 0 saturated heterocycles. The van der Waals surface area contributed by atoms with Gasteiger partial charge in [0.15, 0.2) is 5.82 Å². The maximum absolute atomic E-state index is 13.7. The largest absolute Gasteiger partial charge is 0.381 e. The molecule has 0 amide bonds. The quantitative estimate of drug-likeness (QED) is 0.948. The molecule has 0 bridgehead atoms. The van der Waals surface area contributed by atoms with Crippen LogP contribution >= 0.6 is 15.9 Å². The second kappa shape index (κ2) is 4.35. The highest BCUT2D eigenvalue weighted by atomic mass is 79.9. The number of nitrogen functional groups attached to an aromatic ring is 1. The lowest BCUT2D eigenvalue weighted by Crippen LogP contribution is -2.08. The van der Waals surface area contributed by atoms with E-state index in [0.29, 0.717) is 23.8 Å². The third kappa shape index (κ3) is 2.12. The Hall–Kier alpha value is -1.43. The smallest absolute Gasteiger partial charge is 0.169 e. The molecule has 6 heteroatoms. The minimum atomic E-state index is -0.242. The summed E-state index contributed by atoms with van der Waals surface area (Å²) in [5.74, 6) is 0.664. The Morgan fingerprint density at radius 1 is 1.44 bits per heavy atom. The van der Waals surface area contributed by atoms with Crippen LogP contribution in [0, 0.1) is 5.82 Å². The highest BCUT2D eigenvalue weighted by Crippen LogP contribution is 2.42. The van der Waals surface area contributed by atoms with E-state index in [2.05, 4.69) is 26.2 Å². The van der Waals surface area contributed by atoms with Crippen molar-refractivity contribution in [3.05, 3.63) is 39.7 Å². The van der Waals surface area contributed by atoms with Gasteiger partial charge < -0.3 is 5.73 Å². The molecule has 1 aromatic heterocycles. The molecule has 2 N–H and O–H groups in total. The molecule has 0 radical (unpaired) electrons. The molecule has 94 valence electrons. The van der Waals surface area contributed by atoms with E-state index in [9.17, 15) is 4.39 Å². The van der Waals surface area contributed by atoms with Crippen LogP contribution in [0.25, 0.3) is 0 Å². The number of anilines is 1. The van der Waals surface area contributed by atoms with E-state index >= 15 is 0 Å². The third-order valence-corrected chi connectivity index (χ3v) is 3.59. The molecular weight excluding hydrogens is 299 g/mol. The monoisotopic (exact) mass is 310 g/mol. The SMILES string of the molecule is Nc1nnn(Cc2cc(Br)ccc2F)c1C1CC1. The molecule has 1 saturated carbocycles. The van der Waals surface area contributed by atoms with Crippen molar-refractivity contribution in [3.8, 4) is 0 Å². The van der Waals surface area contributed by atoms with Crippen molar-refractivity contribution in [1.82, 2.24) is 15.0 Å². The normalized spacial score (nSPS) is 15.0. The zero-order valence-corrected chi connectivity index (χ0v) is 11.2. The van der Waals surface area contributed by atoms with Crippen LogP contribution in [-0.2, 0) is 6.54 Å². The average Bonchev–Trinajstić information content (AvgIpc) is 3.10. The predicted octanol–water partition coefficient (Wildman–Crippen LogP) is 2.69. The maximum atomic E-state index is 13.7. The van der Waals surface area contributed by atoms with E-state index < -0.39 is 0 Å². The number of rotatable bonds is 3. The van der Waals surface area contributed by atoms with Crippen molar-refractivity contribution in [2.45, 2.75) is 25.3 Å². The number of hydrogen-bond donors (Lipinski definition) is 1. The molecule has 1 fully saturated rings. The predicted molar refractivity (Wildman–Crippen MR) is 69.6 cm³/mol. The summed E-state index contributed by atoms with van der Waals surface area (Å²) >= 11 is 3.34. The summed E-state index contributed by atoms with van der Waals surface area (Å²) in [4.78, 5) is 0. The van der Waals surface area contributed by atoms with Gasteiger partial charge in [0.1, 0.15) is 5.82 Å². The van der Waals surface area contributed by atoms with E-state index in [1.165, 1.54) is 6.07 Å². The van der Waals surface area contributed by atoms with Crippen LogP contribution in [0.1, 0.15) is 30.0 Å². The third-order valence-electron chi connectivity index (χ3n) is 3.09. The second-order valence-corrected chi connectivity index (χ2v) is 5.44. The lowest BCUT2D eigenvalue weighted by Gasteiger charge is -2.07. The van der Waals surface area contributed by atoms with Crippen LogP contribution in [0.15, 0.2) is 22.7 Å². The molecule has 4 nitrogen and oxygen atoms in total. The molecular formula is C12H12BrFN4. The second-order valence-electron chi connectivity index (χ2n) is 4.53. The Morgan fingerprint density at radius 3 is 2.94 bits per heavy atom. The van der Waals surface area contributed by atoms with Crippen LogP contribution in [0.5, 0.6) is 0 Å². The number of benzene rings is 1. The highest BCUT2D eigenvalue weighted by Gasteiger charge is 2.30. The van der Waals surface area contributed by atoms with E-state index in [1.807, 2.05) is 0 Å². The van der Waals surface area contributed by atoms with Gasteiger partial charge in [0, 0.05) is 16.0 Å². The first-order valence-corrected chi connectivity index (χ1v) is 6.57. The van der Waals surface area contributed by atoms with Crippen molar-refractivity contribution in [1.29, 1.82) is 0 Å². The average molecular weight is 311 g/mol. The first kappa shape index (κ1) is 11.6. The number of nitrogens with zero attached hydrogens (tertiary/aromatic N) is 3. The Kier molecular flexibility index (Phi) is 2.81. The number of aromatic nitrogens is 3. The van der Waals surface area contributed by atoms with Crippen molar-refractivity contribution < 1.29 is 4.39 Å². The van der Waals surface area contributed by atoms with Crippen molar-refractivity contribution in [2.24, 2.45) is 0 Å². The van der Waals surface area contributed by atoms with Gasteiger partial charge in [0.05, 0.1) is 12.2 Å². The summed E-state index contributed by atoms with van der Waals surface area (Å²) in [5.41, 5.74) is 7.33. The van der Waals surface area contributed by atoms with Gasteiger partial charge in [-0.15, -0.1) is 5.10 Å². The van der Waals surface area contributed by atoms with Gasteiger partial charge in [-0.05, 0) is 31.0 Å². The molecule has 1 aliphatic carbocycles. The Labute approximate surface area is 112 Å². The van der Waals surface area contributed by atoms with E-state index in [1.54, 1.807) is 16.8 Å². The van der Waals surface area contributed by atoms with E-state index in [-0.39, 0.29) is 5.82 Å². The highest BCUT2D eigenvalue weighted by molar-refractivity contribution is 9.10. The summed E-state index contributed by atoms with van der Waals surface area (Å²) in [6, 6.07) is 4.87. The van der Waals surface area contributed by atoms with E-state index in [0.717, 1.165) is 23.0 Å². The van der Waals surface area contributed by atoms with Gasteiger partial charge in [0.2, 0.25) is 0 Å². The van der Waals surface area contributed by atoms with Crippen molar-refractivity contribution >= 4 is 21.7 Å². The summed E-state index contributed by atoms with van der Waals surface area (Å²) in [6.45, 7) is 0.362. The molecule has 2 aromatic rings. The molecule has 0 aliphatic heterocycles. The Balaban J connectivity index is 1.94. The zero-order chi connectivity index (χ0) is 12.7. The van der Waals surface area contributed by atoms with Crippen LogP contribution in [-0.4, -0.2) is 15.0 Å². The lowest BCUT2D eigenvalue weighted by molar-refractivity contribution is 0.565. The Bertz CT molecular complexity index is 592. The van der Waals surface area contributed by atoms with Gasteiger partial charge in [-0.3, -0.25) is 0 Å². The van der Waals surface area contributed by atoms with Gasteiger partial charge in [-0.1, -0.05) is 21.1 Å². The molecule has 3 rings (SSSR count). The number of nitrogens with two attached hydrogens (primary N) is 1. The summed E-state index contributed by atoms with van der Waals surface area (Å²) < 4.78 is 16.3. The summed E-state index contributed by atoms with van der Waals surface area (Å²) in [7, 11) is 0. The molecule has 1 aromatic carbocycles. The molecule has 0 spiro atoms. The number of hydrogen-bond acceptors (Lipinski definition) is 3. The lowest BCUT2D eigenvalue weighted by atomic mass is 10.2. The fourth-order valence-corrected chi connectivity index (χ4v) is 2.46. The molecule has 0 unspecified atom stereocenters. The van der Waals surface area contributed by atoms with Gasteiger partial charge >= 0.3 is 0 Å². The van der Waals surface area contributed by atoms with E-state index in [4.69, 9.17) is 5.73 Å². The van der Waals surface area contributed by atoms with Crippen LogP contribution in [0.2, 0.25) is 0 Å². The fourth-order valence-electron chi connectivity index (χ4n) is 2.05. The Morgan fingerprint density at radius 2 is 2.22 bits per heavy atom. The molecule has 1 heterocycles. The molecule has 1 aliphatic rings. The summed E-state index contributed by atoms with van der Waals surface area (Å²) in [5, 5.41) is 7.89. The maximum Gasteiger partial charge on any atom is 0.169 e. The van der Waals surface area contributed by atoms with Crippen LogP contribution in [0.3, 0.4) is 0 Å². The van der Waals surface area contributed by atoms with Crippen LogP contribution in [0.4, 0.5) is 10.2 Å². The van der Waals surface area contributed by atoms with Gasteiger partial charge in [-0.2, -0.15) is 0 Å². The molecule has 0 atom stereocenters. The standard InChI is InChI=1S/C12H12BrFN4/c13-9-3-4-10(14)8(5-9)6-18-11(7-1-2-7)12(15)16-17-18/h3-5,7H,1-2,6,15H2. The van der Waals surface area contributed by atoms with Crippen LogP contribution < -0.4 is 5.73 Å². The van der Waals surface area contributed by atoms with Gasteiger partial charge in [-0.25, -0.2) is 9.07 Å². The topological polar surface area (TPSA) is 56.7 Å². The first-order valence-electron chi connectivity index (χ1n) is 5.78. The minimum Gasteiger partial charge on any atom is -0.381 e. The molecule has 18 heavy (non-hydrogen) atoms. The fraction of sp³-hybridized carbons (Fsp3) is 0.333. The van der Waals surface area contributed by atoms with Crippen molar-refractivity contribution in [3.63, 3.8) is 0 Å². The first-order chi connectivity index (χ1) is 8.65. The van der Waals surface area contributed by atoms with Crippen molar-refractivity contribution in [2.75, 3.05) is 5.73 Å². The van der Waals surface area contributed by atoms with Gasteiger partial charge in [0.25, 0.3) is 0 Å². The minimum absolute atomic E-state index is 0.242.